The van der Waals surface area contributed by atoms with E-state index in [0.29, 0.717) is 27.7 Å². The number of nitrogens with zero attached hydrogens (tertiary/aromatic N) is 2. The highest BCUT2D eigenvalue weighted by Crippen LogP contribution is 2.31. The highest BCUT2D eigenvalue weighted by Gasteiger charge is 2.29. The number of anilines is 1. The molecule has 0 bridgehead atoms. The highest BCUT2D eigenvalue weighted by molar-refractivity contribution is 9.10. The number of pyridine rings is 1. The lowest BCUT2D eigenvalue weighted by atomic mass is 10.0. The first-order valence-electron chi connectivity index (χ1n) is 12.3. The van der Waals surface area contributed by atoms with Gasteiger partial charge >= 0.3 is 5.97 Å². The van der Waals surface area contributed by atoms with Crippen LogP contribution in [0.2, 0.25) is 0 Å². The smallest absolute Gasteiger partial charge is 0.340 e. The van der Waals surface area contributed by atoms with Crippen LogP contribution in [0.3, 0.4) is 0 Å². The first-order valence-corrected chi connectivity index (χ1v) is 13.1. The number of amides is 1. The van der Waals surface area contributed by atoms with Gasteiger partial charge < -0.3 is 10.1 Å². The van der Waals surface area contributed by atoms with Gasteiger partial charge in [0.15, 0.2) is 0 Å². The summed E-state index contributed by atoms with van der Waals surface area (Å²) in [6.07, 6.45) is -1.38. The molecule has 0 saturated heterocycles. The second kappa shape index (κ2) is 11.5. The molecule has 198 valence electrons. The van der Waals surface area contributed by atoms with E-state index in [9.17, 15) is 19.7 Å². The van der Waals surface area contributed by atoms with Gasteiger partial charge in [-0.25, -0.2) is 9.78 Å². The van der Waals surface area contributed by atoms with Crippen LogP contribution in [0.5, 0.6) is 0 Å². The Balaban J connectivity index is 1.54. The molecule has 0 aliphatic rings. The molecule has 0 saturated carbocycles. The van der Waals surface area contributed by atoms with Gasteiger partial charge in [-0.15, -0.1) is 0 Å². The standard InChI is InChI=1S/C31H22BrN3O5/c1-19-14-15-26(28(16-19)35(38)39)34-30(36)29(20-8-3-2-4-9-20)40-31(37)24-18-27(21-10-7-11-22(32)17-21)33-25-13-6-5-12-23(24)25/h2-18,29H,1H3,(H,34,36). The number of esters is 1. The summed E-state index contributed by atoms with van der Waals surface area (Å²) in [6, 6.07) is 29.3. The summed E-state index contributed by atoms with van der Waals surface area (Å²) >= 11 is 3.47. The Hall–Kier alpha value is -4.89. The van der Waals surface area contributed by atoms with Crippen molar-refractivity contribution in [3.63, 3.8) is 0 Å². The second-order valence-electron chi connectivity index (χ2n) is 9.05. The van der Waals surface area contributed by atoms with Crippen LogP contribution in [0, 0.1) is 17.0 Å². The number of halogens is 1. The number of ether oxygens (including phenoxy) is 1. The maximum Gasteiger partial charge on any atom is 0.340 e. The Kier molecular flexibility index (Phi) is 7.65. The predicted octanol–water partition coefficient (Wildman–Crippen LogP) is 7.42. The minimum atomic E-state index is -1.38. The van der Waals surface area contributed by atoms with Crippen molar-refractivity contribution in [2.45, 2.75) is 13.0 Å². The number of rotatable bonds is 7. The van der Waals surface area contributed by atoms with Crippen LogP contribution < -0.4 is 5.32 Å². The van der Waals surface area contributed by atoms with Gasteiger partial charge in [-0.05, 0) is 42.8 Å². The third kappa shape index (κ3) is 5.74. The molecule has 1 amide bonds. The van der Waals surface area contributed by atoms with Crippen molar-refractivity contribution in [2.24, 2.45) is 0 Å². The molecule has 40 heavy (non-hydrogen) atoms. The van der Waals surface area contributed by atoms with Gasteiger partial charge in [0.25, 0.3) is 11.6 Å². The van der Waals surface area contributed by atoms with Crippen LogP contribution in [0.4, 0.5) is 11.4 Å². The van der Waals surface area contributed by atoms with Gasteiger partial charge in [-0.3, -0.25) is 14.9 Å². The fraction of sp³-hybridized carbons (Fsp3) is 0.0645. The summed E-state index contributed by atoms with van der Waals surface area (Å²) < 4.78 is 6.70. The Morgan fingerprint density at radius 1 is 0.925 bits per heavy atom. The van der Waals surface area contributed by atoms with E-state index in [0.717, 1.165) is 10.0 Å². The van der Waals surface area contributed by atoms with Crippen molar-refractivity contribution in [3.05, 3.63) is 134 Å². The van der Waals surface area contributed by atoms with Gasteiger partial charge in [0, 0.05) is 27.1 Å². The summed E-state index contributed by atoms with van der Waals surface area (Å²) in [4.78, 5) is 43.0. The number of carbonyl (C=O) groups is 2. The van der Waals surface area contributed by atoms with Gasteiger partial charge in [-0.2, -0.15) is 0 Å². The number of aromatic nitrogens is 1. The van der Waals surface area contributed by atoms with Crippen LogP contribution in [-0.4, -0.2) is 21.8 Å². The topological polar surface area (TPSA) is 111 Å². The zero-order valence-electron chi connectivity index (χ0n) is 21.2. The van der Waals surface area contributed by atoms with Crippen molar-refractivity contribution in [3.8, 4) is 11.3 Å². The minimum Gasteiger partial charge on any atom is -0.444 e. The SMILES string of the molecule is Cc1ccc(NC(=O)C(OC(=O)c2cc(-c3cccc(Br)c3)nc3ccccc23)c2ccccc2)c([N+](=O)[O-])c1. The Morgan fingerprint density at radius 2 is 1.68 bits per heavy atom. The molecule has 0 aliphatic carbocycles. The van der Waals surface area contributed by atoms with Crippen molar-refractivity contribution < 1.29 is 19.2 Å². The average molecular weight is 596 g/mol. The van der Waals surface area contributed by atoms with Crippen LogP contribution in [0.15, 0.2) is 108 Å². The molecule has 0 spiro atoms. The van der Waals surface area contributed by atoms with Gasteiger partial charge in [0.1, 0.15) is 5.69 Å². The van der Waals surface area contributed by atoms with E-state index < -0.39 is 22.9 Å². The number of hydrogen-bond acceptors (Lipinski definition) is 6. The molecule has 5 rings (SSSR count). The Labute approximate surface area is 237 Å². The molecule has 1 N–H and O–H groups in total. The summed E-state index contributed by atoms with van der Waals surface area (Å²) in [5.41, 5.74) is 2.99. The van der Waals surface area contributed by atoms with Crippen LogP contribution in [0.1, 0.15) is 27.6 Å². The molecule has 1 heterocycles. The Morgan fingerprint density at radius 3 is 2.42 bits per heavy atom. The lowest BCUT2D eigenvalue weighted by molar-refractivity contribution is -0.384. The molecular formula is C31H22BrN3O5. The minimum absolute atomic E-state index is 0.00359. The number of nitro benzene ring substituents is 1. The van der Waals surface area contributed by atoms with Gasteiger partial charge in [0.05, 0.1) is 21.7 Å². The summed E-state index contributed by atoms with van der Waals surface area (Å²) in [7, 11) is 0. The monoisotopic (exact) mass is 595 g/mol. The number of fused-ring (bicyclic) bond motifs is 1. The maximum absolute atomic E-state index is 13.7. The van der Waals surface area contributed by atoms with E-state index in [4.69, 9.17) is 9.72 Å². The van der Waals surface area contributed by atoms with E-state index in [-0.39, 0.29) is 16.9 Å². The fourth-order valence-corrected chi connectivity index (χ4v) is 4.71. The molecule has 4 aromatic carbocycles. The zero-order valence-corrected chi connectivity index (χ0v) is 22.8. The first kappa shape index (κ1) is 26.7. The lowest BCUT2D eigenvalue weighted by Crippen LogP contribution is -2.26. The van der Waals surface area contributed by atoms with E-state index in [1.54, 1.807) is 67.6 Å². The normalized spacial score (nSPS) is 11.6. The molecule has 1 unspecified atom stereocenters. The highest BCUT2D eigenvalue weighted by atomic mass is 79.9. The molecule has 0 fully saturated rings. The second-order valence-corrected chi connectivity index (χ2v) is 9.96. The van der Waals surface area contributed by atoms with Gasteiger partial charge in [-0.1, -0.05) is 82.7 Å². The van der Waals surface area contributed by atoms with E-state index in [2.05, 4.69) is 21.2 Å². The summed E-state index contributed by atoms with van der Waals surface area (Å²) in [5, 5.41) is 14.8. The quantitative estimate of drug-likeness (QED) is 0.119. The predicted molar refractivity (Wildman–Crippen MR) is 156 cm³/mol. The summed E-state index contributed by atoms with van der Waals surface area (Å²) in [6.45, 7) is 1.72. The molecule has 8 nitrogen and oxygen atoms in total. The van der Waals surface area contributed by atoms with Crippen LogP contribution >= 0.6 is 15.9 Å². The fourth-order valence-electron chi connectivity index (χ4n) is 4.31. The molecule has 0 aliphatic heterocycles. The number of benzene rings is 4. The van der Waals surface area contributed by atoms with Crippen molar-refractivity contribution in [1.82, 2.24) is 4.98 Å². The number of carbonyl (C=O) groups excluding carboxylic acids is 2. The molecule has 1 aromatic heterocycles. The van der Waals surface area contributed by atoms with E-state index >= 15 is 0 Å². The van der Waals surface area contributed by atoms with Crippen LogP contribution in [-0.2, 0) is 9.53 Å². The number of nitrogens with one attached hydrogen (secondary N) is 1. The molecular weight excluding hydrogens is 574 g/mol. The first-order chi connectivity index (χ1) is 19.3. The number of hydrogen-bond donors (Lipinski definition) is 1. The van der Waals surface area contributed by atoms with Crippen molar-refractivity contribution in [1.29, 1.82) is 0 Å². The molecule has 0 radical (unpaired) electrons. The average Bonchev–Trinajstić information content (AvgIpc) is 2.96. The molecule has 5 aromatic rings. The van der Waals surface area contributed by atoms with E-state index in [1.807, 2.05) is 30.3 Å². The van der Waals surface area contributed by atoms with E-state index in [1.165, 1.54) is 12.1 Å². The zero-order chi connectivity index (χ0) is 28.2. The number of para-hydroxylation sites is 1. The Bertz CT molecular complexity index is 1760. The largest absolute Gasteiger partial charge is 0.444 e. The number of nitro groups is 1. The van der Waals surface area contributed by atoms with Crippen LogP contribution in [0.25, 0.3) is 22.2 Å². The lowest BCUT2D eigenvalue weighted by Gasteiger charge is -2.19. The van der Waals surface area contributed by atoms with Gasteiger partial charge in [0.2, 0.25) is 6.10 Å². The maximum atomic E-state index is 13.7. The number of aryl methyl sites for hydroxylation is 1. The summed E-state index contributed by atoms with van der Waals surface area (Å²) in [5.74, 6) is -1.46. The molecule has 9 heteroatoms. The third-order valence-electron chi connectivity index (χ3n) is 6.23. The third-order valence-corrected chi connectivity index (χ3v) is 6.72. The van der Waals surface area contributed by atoms with Crippen molar-refractivity contribution >= 4 is 50.1 Å². The van der Waals surface area contributed by atoms with Crippen molar-refractivity contribution in [2.75, 3.05) is 5.32 Å². The molecule has 1 atom stereocenters.